The van der Waals surface area contributed by atoms with E-state index in [0.717, 1.165) is 62.0 Å². The van der Waals surface area contributed by atoms with Gasteiger partial charge in [-0.2, -0.15) is 0 Å². The molecule has 4 rings (SSSR count). The molecule has 0 fully saturated rings. The minimum Gasteiger partial charge on any atom is -0.493 e. The number of nitrogens with zero attached hydrogens (tertiary/aromatic N) is 2. The van der Waals surface area contributed by atoms with Gasteiger partial charge in [-0.25, -0.2) is 4.98 Å². The number of nitrogens with one attached hydrogen (secondary N) is 1. The van der Waals surface area contributed by atoms with E-state index in [9.17, 15) is 4.79 Å². The Labute approximate surface area is 219 Å². The number of hydrogen-bond donors (Lipinski definition) is 1. The first kappa shape index (κ1) is 26.3. The van der Waals surface area contributed by atoms with Crippen molar-refractivity contribution in [3.05, 3.63) is 89.7 Å². The lowest BCUT2D eigenvalue weighted by molar-refractivity contribution is -0.120. The van der Waals surface area contributed by atoms with Crippen molar-refractivity contribution in [2.24, 2.45) is 0 Å². The lowest BCUT2D eigenvalue weighted by Crippen LogP contribution is -2.26. The van der Waals surface area contributed by atoms with Gasteiger partial charge in [0.05, 0.1) is 31.7 Å². The van der Waals surface area contributed by atoms with Crippen molar-refractivity contribution in [3.8, 4) is 11.5 Å². The number of fused-ring (bicyclic) bond motifs is 1. The lowest BCUT2D eigenvalue weighted by atomic mass is 10.1. The van der Waals surface area contributed by atoms with E-state index < -0.39 is 0 Å². The van der Waals surface area contributed by atoms with Crippen LogP contribution in [0, 0.1) is 0 Å². The van der Waals surface area contributed by atoms with Crippen LogP contribution in [0.5, 0.6) is 11.5 Å². The molecule has 194 valence electrons. The second-order valence-corrected chi connectivity index (χ2v) is 9.28. The zero-order valence-corrected chi connectivity index (χ0v) is 21.9. The Kier molecular flexibility index (Phi) is 9.58. The fourth-order valence-corrected chi connectivity index (χ4v) is 4.70. The standard InChI is InChI=1S/C31H37N3O3/c1-36-28-19-18-25(22-29(28)37-2)23-31(35)32-20-10-4-7-17-30-33-26-15-8-9-16-27(26)34(30)21-11-14-24-12-5-3-6-13-24/h3,5-6,8-9,12-13,15-16,18-19,22H,4,7,10-11,14,17,20-21,23H2,1-2H3,(H,32,35). The molecule has 0 atom stereocenters. The molecule has 0 aliphatic rings. The number of amides is 1. The summed E-state index contributed by atoms with van der Waals surface area (Å²) in [5, 5.41) is 3.04. The van der Waals surface area contributed by atoms with Crippen molar-refractivity contribution >= 4 is 16.9 Å². The van der Waals surface area contributed by atoms with Crippen LogP contribution in [0.4, 0.5) is 0 Å². The molecule has 4 aromatic rings. The summed E-state index contributed by atoms with van der Waals surface area (Å²) in [6, 6.07) is 24.6. The molecular weight excluding hydrogens is 462 g/mol. The molecule has 0 radical (unpaired) electrons. The molecule has 0 aliphatic heterocycles. The second-order valence-electron chi connectivity index (χ2n) is 9.28. The predicted octanol–water partition coefficient (Wildman–Crippen LogP) is 5.76. The molecule has 37 heavy (non-hydrogen) atoms. The van der Waals surface area contributed by atoms with Crippen LogP contribution in [0.1, 0.15) is 42.6 Å². The monoisotopic (exact) mass is 499 g/mol. The average molecular weight is 500 g/mol. The Hall–Kier alpha value is -3.80. The van der Waals surface area contributed by atoms with Gasteiger partial charge in [0, 0.05) is 19.5 Å². The molecule has 0 saturated carbocycles. The summed E-state index contributed by atoms with van der Waals surface area (Å²) in [6.07, 6.45) is 6.47. The maximum Gasteiger partial charge on any atom is 0.224 e. The van der Waals surface area contributed by atoms with Crippen LogP contribution < -0.4 is 14.8 Å². The van der Waals surface area contributed by atoms with Gasteiger partial charge < -0.3 is 19.4 Å². The Balaban J connectivity index is 1.22. The number of rotatable bonds is 14. The SMILES string of the molecule is COc1ccc(CC(=O)NCCCCCc2nc3ccccc3n2CCCc2ccccc2)cc1OC. The smallest absolute Gasteiger partial charge is 0.224 e. The first-order valence-corrected chi connectivity index (χ1v) is 13.1. The van der Waals surface area contributed by atoms with E-state index in [-0.39, 0.29) is 5.91 Å². The first-order chi connectivity index (χ1) is 18.2. The molecule has 6 heteroatoms. The molecule has 1 heterocycles. The number of hydrogen-bond acceptors (Lipinski definition) is 4. The third-order valence-corrected chi connectivity index (χ3v) is 6.64. The Morgan fingerprint density at radius 1 is 0.811 bits per heavy atom. The van der Waals surface area contributed by atoms with Crippen molar-refractivity contribution in [2.75, 3.05) is 20.8 Å². The summed E-state index contributed by atoms with van der Waals surface area (Å²) < 4.78 is 13.0. The van der Waals surface area contributed by atoms with Gasteiger partial charge in [0.15, 0.2) is 11.5 Å². The van der Waals surface area contributed by atoms with Crippen molar-refractivity contribution in [1.29, 1.82) is 0 Å². The Morgan fingerprint density at radius 3 is 2.41 bits per heavy atom. The normalized spacial score (nSPS) is 11.0. The predicted molar refractivity (Wildman–Crippen MR) is 148 cm³/mol. The number of carbonyl (C=O) groups is 1. The summed E-state index contributed by atoms with van der Waals surface area (Å²) in [5.74, 6) is 2.48. The molecule has 0 unspecified atom stereocenters. The van der Waals surface area contributed by atoms with Crippen LogP contribution in [0.3, 0.4) is 0 Å². The number of imidazole rings is 1. The molecule has 0 saturated heterocycles. The van der Waals surface area contributed by atoms with Crippen LogP contribution in [0.2, 0.25) is 0 Å². The van der Waals surface area contributed by atoms with Gasteiger partial charge in [0.1, 0.15) is 5.82 Å². The third kappa shape index (κ3) is 7.35. The van der Waals surface area contributed by atoms with Crippen LogP contribution in [0.25, 0.3) is 11.0 Å². The van der Waals surface area contributed by atoms with E-state index in [0.29, 0.717) is 24.5 Å². The Morgan fingerprint density at radius 2 is 1.59 bits per heavy atom. The van der Waals surface area contributed by atoms with Crippen LogP contribution in [-0.2, 0) is 30.6 Å². The summed E-state index contributed by atoms with van der Waals surface area (Å²) in [4.78, 5) is 17.3. The third-order valence-electron chi connectivity index (χ3n) is 6.64. The summed E-state index contributed by atoms with van der Waals surface area (Å²) in [6.45, 7) is 1.65. The quantitative estimate of drug-likeness (QED) is 0.224. The van der Waals surface area contributed by atoms with Crippen LogP contribution in [0.15, 0.2) is 72.8 Å². The molecule has 0 aliphatic carbocycles. The van der Waals surface area contributed by atoms with Gasteiger partial charge in [-0.1, -0.05) is 55.0 Å². The molecule has 0 bridgehead atoms. The van der Waals surface area contributed by atoms with Gasteiger partial charge in [-0.15, -0.1) is 0 Å². The van der Waals surface area contributed by atoms with E-state index in [1.165, 1.54) is 11.1 Å². The summed E-state index contributed by atoms with van der Waals surface area (Å²) in [7, 11) is 3.20. The molecule has 1 N–H and O–H groups in total. The lowest BCUT2D eigenvalue weighted by Gasteiger charge is -2.10. The molecule has 6 nitrogen and oxygen atoms in total. The number of benzene rings is 3. The van der Waals surface area contributed by atoms with Gasteiger partial charge in [-0.05, 0) is 61.1 Å². The zero-order valence-electron chi connectivity index (χ0n) is 21.9. The average Bonchev–Trinajstić information content (AvgIpc) is 3.28. The van der Waals surface area contributed by atoms with Gasteiger partial charge in [-0.3, -0.25) is 4.79 Å². The van der Waals surface area contributed by atoms with E-state index in [1.807, 2.05) is 18.2 Å². The highest BCUT2D eigenvalue weighted by molar-refractivity contribution is 5.78. The second kappa shape index (κ2) is 13.5. The maximum atomic E-state index is 12.4. The number of aromatic nitrogens is 2. The van der Waals surface area contributed by atoms with E-state index in [4.69, 9.17) is 14.5 Å². The number of methoxy groups -OCH3 is 2. The topological polar surface area (TPSA) is 65.4 Å². The van der Waals surface area contributed by atoms with Crippen molar-refractivity contribution < 1.29 is 14.3 Å². The fraction of sp³-hybridized carbons (Fsp3) is 0.355. The number of para-hydroxylation sites is 2. The number of unbranched alkanes of at least 4 members (excludes halogenated alkanes) is 2. The van der Waals surface area contributed by atoms with E-state index >= 15 is 0 Å². The van der Waals surface area contributed by atoms with Gasteiger partial charge in [0.25, 0.3) is 0 Å². The van der Waals surface area contributed by atoms with Crippen molar-refractivity contribution in [2.45, 2.75) is 51.5 Å². The summed E-state index contributed by atoms with van der Waals surface area (Å²) >= 11 is 0. The maximum absolute atomic E-state index is 12.4. The van der Waals surface area contributed by atoms with Crippen molar-refractivity contribution in [3.63, 3.8) is 0 Å². The first-order valence-electron chi connectivity index (χ1n) is 13.1. The number of ether oxygens (including phenoxy) is 2. The minimum absolute atomic E-state index is 0.0208. The number of aryl methyl sites for hydroxylation is 3. The molecular formula is C31H37N3O3. The van der Waals surface area contributed by atoms with E-state index in [1.54, 1.807) is 14.2 Å². The fourth-order valence-electron chi connectivity index (χ4n) is 4.70. The molecule has 1 amide bonds. The number of carbonyl (C=O) groups excluding carboxylic acids is 1. The van der Waals surface area contributed by atoms with Gasteiger partial charge >= 0.3 is 0 Å². The Bertz CT molecular complexity index is 1280. The molecule has 3 aromatic carbocycles. The van der Waals surface area contributed by atoms with Gasteiger partial charge in [0.2, 0.25) is 5.91 Å². The molecule has 0 spiro atoms. The van der Waals surface area contributed by atoms with Crippen molar-refractivity contribution in [1.82, 2.24) is 14.9 Å². The highest BCUT2D eigenvalue weighted by Crippen LogP contribution is 2.27. The molecule has 1 aromatic heterocycles. The van der Waals surface area contributed by atoms with E-state index in [2.05, 4.69) is 64.5 Å². The highest BCUT2D eigenvalue weighted by atomic mass is 16.5. The minimum atomic E-state index is 0.0208. The van der Waals surface area contributed by atoms with Crippen LogP contribution >= 0.6 is 0 Å². The highest BCUT2D eigenvalue weighted by Gasteiger charge is 2.11. The largest absolute Gasteiger partial charge is 0.493 e. The zero-order chi connectivity index (χ0) is 25.9. The van der Waals surface area contributed by atoms with Crippen LogP contribution in [-0.4, -0.2) is 36.2 Å². The summed E-state index contributed by atoms with van der Waals surface area (Å²) in [5.41, 5.74) is 4.57.